The van der Waals surface area contributed by atoms with Crippen LogP contribution in [0.2, 0.25) is 0 Å². The van der Waals surface area contributed by atoms with Gasteiger partial charge >= 0.3 is 0 Å². The van der Waals surface area contributed by atoms with Gasteiger partial charge in [0, 0.05) is 17.6 Å². The minimum absolute atomic E-state index is 0.0678. The fraction of sp³-hybridized carbons (Fsp3) is 0.667. The molecule has 0 N–H and O–H groups in total. The largest absolute Gasteiger partial charge is 0.359 e. The van der Waals surface area contributed by atoms with E-state index in [2.05, 4.69) is 28.8 Å². The summed E-state index contributed by atoms with van der Waals surface area (Å²) < 4.78 is 6.05. The molecule has 1 aromatic heterocycles. The van der Waals surface area contributed by atoms with Crippen LogP contribution in [0.4, 0.5) is 0 Å². The lowest BCUT2D eigenvalue weighted by Gasteiger charge is -2.32. The molecule has 0 aromatic carbocycles. The smallest absolute Gasteiger partial charge is 0.124 e. The molecule has 3 aliphatic heterocycles. The van der Waals surface area contributed by atoms with E-state index in [0.717, 1.165) is 6.04 Å². The third-order valence-electron chi connectivity index (χ3n) is 4.45. The van der Waals surface area contributed by atoms with Gasteiger partial charge in [0.1, 0.15) is 11.7 Å². The molecule has 3 saturated heterocycles. The van der Waals surface area contributed by atoms with Crippen molar-refractivity contribution in [2.24, 2.45) is 0 Å². The molecule has 2 bridgehead atoms. The Morgan fingerprint density at radius 3 is 3.33 bits per heavy atom. The molecule has 2 nitrogen and oxygen atoms in total. The van der Waals surface area contributed by atoms with Crippen LogP contribution >= 0.6 is 11.3 Å². The van der Waals surface area contributed by atoms with E-state index in [1.165, 1.54) is 24.8 Å². The van der Waals surface area contributed by atoms with Crippen LogP contribution in [0.3, 0.4) is 0 Å². The number of fused-ring (bicyclic) bond motifs is 4. The second kappa shape index (κ2) is 2.65. The normalized spacial score (nSPS) is 47.9. The maximum Gasteiger partial charge on any atom is 0.124 e. The quantitative estimate of drug-likeness (QED) is 0.673. The van der Waals surface area contributed by atoms with Crippen molar-refractivity contribution in [3.8, 4) is 0 Å². The Morgan fingerprint density at radius 2 is 2.53 bits per heavy atom. The van der Waals surface area contributed by atoms with E-state index < -0.39 is 0 Å². The summed E-state index contributed by atoms with van der Waals surface area (Å²) in [6, 6.07) is 3.59. The third kappa shape index (κ3) is 0.967. The molecule has 0 aliphatic carbocycles. The van der Waals surface area contributed by atoms with Crippen LogP contribution in [0.1, 0.15) is 24.8 Å². The Kier molecular flexibility index (Phi) is 1.54. The second-order valence-electron chi connectivity index (χ2n) is 5.03. The van der Waals surface area contributed by atoms with Gasteiger partial charge in [0.25, 0.3) is 0 Å². The lowest BCUT2D eigenvalue weighted by Crippen LogP contribution is -2.44. The number of thiophene rings is 1. The van der Waals surface area contributed by atoms with E-state index in [0.29, 0.717) is 12.1 Å². The lowest BCUT2D eigenvalue weighted by molar-refractivity contribution is 0.177. The average Bonchev–Trinajstić information content (AvgIpc) is 2.58. The highest BCUT2D eigenvalue weighted by Crippen LogP contribution is 2.59. The van der Waals surface area contributed by atoms with Crippen LogP contribution in [0.25, 0.3) is 0 Å². The zero-order valence-electron chi connectivity index (χ0n) is 8.77. The van der Waals surface area contributed by atoms with E-state index in [9.17, 15) is 0 Å². The van der Waals surface area contributed by atoms with Crippen molar-refractivity contribution >= 4 is 11.3 Å². The molecule has 3 unspecified atom stereocenters. The molecule has 0 amide bonds. The molecule has 1 aromatic rings. The standard InChI is InChI=1S/C12H14NOS/c1-13-9-2-3-10(13)11-12(6-9,14-11)8-4-5-15-7-8/h4-5,9-11H,2-3,6H2,1H3/t9?,10?,11?,12-/m0/s1. The van der Waals surface area contributed by atoms with Gasteiger partial charge in [-0.25, -0.2) is 0 Å². The van der Waals surface area contributed by atoms with Gasteiger partial charge in [0.15, 0.2) is 0 Å². The minimum Gasteiger partial charge on any atom is -0.359 e. The Morgan fingerprint density at radius 1 is 1.60 bits per heavy atom. The summed E-state index contributed by atoms with van der Waals surface area (Å²) in [5.74, 6) is 0. The monoisotopic (exact) mass is 220 g/mol. The maximum absolute atomic E-state index is 6.05. The molecule has 3 aliphatic rings. The Balaban J connectivity index is 1.74. The van der Waals surface area contributed by atoms with Crippen LogP contribution in [0, 0.1) is 5.38 Å². The first-order valence-corrected chi connectivity index (χ1v) is 6.55. The Bertz CT molecular complexity index is 390. The molecule has 1 radical (unpaired) electrons. The number of rotatable bonds is 1. The molecule has 0 saturated carbocycles. The maximum atomic E-state index is 6.05. The average molecular weight is 220 g/mol. The summed E-state index contributed by atoms with van der Waals surface area (Å²) in [4.78, 5) is 2.53. The van der Waals surface area contributed by atoms with Crippen LogP contribution in [-0.4, -0.2) is 30.1 Å². The fourth-order valence-electron chi connectivity index (χ4n) is 3.54. The molecule has 15 heavy (non-hydrogen) atoms. The van der Waals surface area contributed by atoms with Gasteiger partial charge in [-0.1, -0.05) is 0 Å². The van der Waals surface area contributed by atoms with Gasteiger partial charge < -0.3 is 4.74 Å². The van der Waals surface area contributed by atoms with Crippen molar-refractivity contribution in [1.82, 2.24) is 4.90 Å². The predicted octanol–water partition coefficient (Wildman–Crippen LogP) is 2.01. The topological polar surface area (TPSA) is 15.8 Å². The number of epoxide rings is 1. The Hall–Kier alpha value is -0.380. The summed E-state index contributed by atoms with van der Waals surface area (Å²) in [6.45, 7) is 0. The summed E-state index contributed by atoms with van der Waals surface area (Å²) in [7, 11) is 2.26. The molecular weight excluding hydrogens is 206 g/mol. The molecule has 0 spiro atoms. The number of hydrogen-bond donors (Lipinski definition) is 0. The van der Waals surface area contributed by atoms with E-state index in [4.69, 9.17) is 4.74 Å². The first-order valence-electron chi connectivity index (χ1n) is 5.67. The summed E-state index contributed by atoms with van der Waals surface area (Å²) in [5, 5.41) is 5.49. The molecule has 4 heterocycles. The molecule has 4 atom stereocenters. The number of likely N-dealkylation sites (N-methyl/N-ethyl adjacent to an activating group) is 1. The number of piperidine rings is 1. The van der Waals surface area contributed by atoms with Crippen molar-refractivity contribution in [1.29, 1.82) is 0 Å². The summed E-state index contributed by atoms with van der Waals surface area (Å²) in [5.41, 5.74) is 1.38. The van der Waals surface area contributed by atoms with Crippen LogP contribution < -0.4 is 0 Å². The van der Waals surface area contributed by atoms with Gasteiger partial charge in [-0.05, 0) is 37.8 Å². The zero-order valence-corrected chi connectivity index (χ0v) is 9.59. The minimum atomic E-state index is 0.0678. The summed E-state index contributed by atoms with van der Waals surface area (Å²) in [6.07, 6.45) is 4.30. The van der Waals surface area contributed by atoms with Crippen LogP contribution in [0.5, 0.6) is 0 Å². The van der Waals surface area contributed by atoms with E-state index in [1.807, 2.05) is 0 Å². The first-order chi connectivity index (χ1) is 7.31. The van der Waals surface area contributed by atoms with Gasteiger partial charge in [-0.15, -0.1) is 11.3 Å². The highest BCUT2D eigenvalue weighted by Gasteiger charge is 2.67. The number of ether oxygens (including phenoxy) is 1. The van der Waals surface area contributed by atoms with Crippen molar-refractivity contribution in [3.05, 3.63) is 22.4 Å². The first kappa shape index (κ1) is 8.74. The molecule has 4 rings (SSSR count). The highest BCUT2D eigenvalue weighted by atomic mass is 32.1. The van der Waals surface area contributed by atoms with E-state index in [1.54, 1.807) is 11.3 Å². The number of nitrogens with zero attached hydrogens (tertiary/aromatic N) is 1. The van der Waals surface area contributed by atoms with Gasteiger partial charge in [-0.3, -0.25) is 4.90 Å². The van der Waals surface area contributed by atoms with Gasteiger partial charge in [0.2, 0.25) is 0 Å². The third-order valence-corrected chi connectivity index (χ3v) is 5.06. The van der Waals surface area contributed by atoms with Crippen molar-refractivity contribution < 1.29 is 4.74 Å². The molecular formula is C12H14NOS. The molecule has 3 heteroatoms. The predicted molar refractivity (Wildman–Crippen MR) is 58.9 cm³/mol. The number of hydrogen-bond acceptors (Lipinski definition) is 3. The van der Waals surface area contributed by atoms with Crippen molar-refractivity contribution in [2.45, 2.75) is 43.1 Å². The summed E-state index contributed by atoms with van der Waals surface area (Å²) >= 11 is 1.66. The van der Waals surface area contributed by atoms with Crippen molar-refractivity contribution in [3.63, 3.8) is 0 Å². The Labute approximate surface area is 93.8 Å². The van der Waals surface area contributed by atoms with Gasteiger partial charge in [0.05, 0.1) is 5.38 Å². The van der Waals surface area contributed by atoms with Gasteiger partial charge in [-0.2, -0.15) is 0 Å². The fourth-order valence-corrected chi connectivity index (χ4v) is 4.18. The SMILES string of the molecule is CN1C2CCC1C1O[C@]1(c1[c]scc1)C2. The zero-order chi connectivity index (χ0) is 10.0. The lowest BCUT2D eigenvalue weighted by atomic mass is 9.86. The molecule has 3 fully saturated rings. The molecule has 79 valence electrons. The second-order valence-corrected chi connectivity index (χ2v) is 5.74. The van der Waals surface area contributed by atoms with Crippen molar-refractivity contribution in [2.75, 3.05) is 7.05 Å². The van der Waals surface area contributed by atoms with Crippen LogP contribution in [-0.2, 0) is 10.3 Å². The highest BCUT2D eigenvalue weighted by molar-refractivity contribution is 7.07. The van der Waals surface area contributed by atoms with E-state index >= 15 is 0 Å². The van der Waals surface area contributed by atoms with E-state index in [-0.39, 0.29) is 5.60 Å². The van der Waals surface area contributed by atoms with Crippen LogP contribution in [0.15, 0.2) is 11.4 Å².